The lowest BCUT2D eigenvalue weighted by Gasteiger charge is -2.36. The normalized spacial score (nSPS) is 14.9. The molecule has 0 atom stereocenters. The van der Waals surface area contributed by atoms with Crippen LogP contribution in [0.5, 0.6) is 5.75 Å². The summed E-state index contributed by atoms with van der Waals surface area (Å²) in [5.74, 6) is 0.847. The van der Waals surface area contributed by atoms with Crippen LogP contribution < -0.4 is 10.1 Å². The summed E-state index contributed by atoms with van der Waals surface area (Å²) in [6.07, 6.45) is 1.47. The third-order valence-electron chi connectivity index (χ3n) is 4.57. The SMILES string of the molecule is CCNC(=NCc1cc(Cl)ccc1OC(F)F)N1CCN(C(=O)c2ccco2)CC1. The third-order valence-corrected chi connectivity index (χ3v) is 4.81. The van der Waals surface area contributed by atoms with Crippen molar-refractivity contribution in [2.24, 2.45) is 4.99 Å². The second-order valence-electron chi connectivity index (χ2n) is 6.56. The number of carbonyl (C=O) groups excluding carboxylic acids is 1. The van der Waals surface area contributed by atoms with E-state index in [1.54, 1.807) is 23.1 Å². The number of guanidine groups is 1. The van der Waals surface area contributed by atoms with E-state index in [0.29, 0.717) is 55.0 Å². The second-order valence-corrected chi connectivity index (χ2v) is 6.99. The van der Waals surface area contributed by atoms with Crippen LogP contribution in [0.1, 0.15) is 23.0 Å². The molecule has 1 aromatic heterocycles. The zero-order valence-electron chi connectivity index (χ0n) is 16.5. The van der Waals surface area contributed by atoms with Crippen LogP contribution in [0.2, 0.25) is 5.02 Å². The molecule has 0 spiro atoms. The minimum absolute atomic E-state index is 0.0443. The van der Waals surface area contributed by atoms with Gasteiger partial charge < -0.3 is 24.3 Å². The zero-order chi connectivity index (χ0) is 21.5. The summed E-state index contributed by atoms with van der Waals surface area (Å²) in [6.45, 7) is 1.96. The van der Waals surface area contributed by atoms with E-state index in [-0.39, 0.29) is 18.2 Å². The van der Waals surface area contributed by atoms with Gasteiger partial charge in [0.05, 0.1) is 12.8 Å². The average molecular weight is 441 g/mol. The van der Waals surface area contributed by atoms with Gasteiger partial charge in [0, 0.05) is 43.3 Å². The van der Waals surface area contributed by atoms with Crippen LogP contribution in [0.25, 0.3) is 0 Å². The van der Waals surface area contributed by atoms with E-state index in [2.05, 4.69) is 15.0 Å². The van der Waals surface area contributed by atoms with Gasteiger partial charge in [0.1, 0.15) is 5.75 Å². The Morgan fingerprint density at radius 1 is 1.27 bits per heavy atom. The Balaban J connectivity index is 1.67. The molecule has 2 heterocycles. The molecule has 0 bridgehead atoms. The van der Waals surface area contributed by atoms with E-state index in [9.17, 15) is 13.6 Å². The molecule has 7 nitrogen and oxygen atoms in total. The molecule has 0 radical (unpaired) electrons. The van der Waals surface area contributed by atoms with Crippen molar-refractivity contribution >= 4 is 23.5 Å². The van der Waals surface area contributed by atoms with Gasteiger partial charge in [-0.1, -0.05) is 11.6 Å². The maximum Gasteiger partial charge on any atom is 0.387 e. The summed E-state index contributed by atoms with van der Waals surface area (Å²) in [5, 5.41) is 3.61. The number of hydrogen-bond acceptors (Lipinski definition) is 4. The van der Waals surface area contributed by atoms with Crippen molar-refractivity contribution in [3.8, 4) is 5.75 Å². The Hall–Kier alpha value is -2.81. The molecule has 1 N–H and O–H groups in total. The monoisotopic (exact) mass is 440 g/mol. The predicted molar refractivity (Wildman–Crippen MR) is 109 cm³/mol. The number of rotatable bonds is 6. The highest BCUT2D eigenvalue weighted by atomic mass is 35.5. The maximum atomic E-state index is 12.7. The number of amides is 1. The van der Waals surface area contributed by atoms with Crippen LogP contribution in [0.15, 0.2) is 46.0 Å². The fourth-order valence-corrected chi connectivity index (χ4v) is 3.34. The summed E-state index contributed by atoms with van der Waals surface area (Å²) in [7, 11) is 0. The number of aliphatic imine (C=N–C) groups is 1. The molecule has 1 aromatic carbocycles. The van der Waals surface area contributed by atoms with Crippen molar-refractivity contribution in [2.75, 3.05) is 32.7 Å². The fourth-order valence-electron chi connectivity index (χ4n) is 3.15. The van der Waals surface area contributed by atoms with E-state index in [1.807, 2.05) is 11.8 Å². The molecular formula is C20H23ClF2N4O3. The number of piperazine rings is 1. The molecular weight excluding hydrogens is 418 g/mol. The van der Waals surface area contributed by atoms with E-state index >= 15 is 0 Å². The van der Waals surface area contributed by atoms with E-state index in [0.717, 1.165) is 0 Å². The molecule has 1 saturated heterocycles. The van der Waals surface area contributed by atoms with E-state index in [1.165, 1.54) is 18.4 Å². The summed E-state index contributed by atoms with van der Waals surface area (Å²) in [5.41, 5.74) is 0.463. The van der Waals surface area contributed by atoms with Gasteiger partial charge in [-0.15, -0.1) is 0 Å². The Bertz CT molecular complexity index is 869. The second kappa shape index (κ2) is 10.3. The number of nitrogens with one attached hydrogen (secondary N) is 1. The highest BCUT2D eigenvalue weighted by Gasteiger charge is 2.25. The van der Waals surface area contributed by atoms with Crippen LogP contribution in [0.3, 0.4) is 0 Å². The van der Waals surface area contributed by atoms with Crippen LogP contribution in [-0.4, -0.2) is 61.0 Å². The quantitative estimate of drug-likeness (QED) is 0.550. The lowest BCUT2D eigenvalue weighted by Crippen LogP contribution is -2.53. The molecule has 10 heteroatoms. The lowest BCUT2D eigenvalue weighted by atomic mass is 10.2. The van der Waals surface area contributed by atoms with Gasteiger partial charge in [-0.25, -0.2) is 4.99 Å². The third kappa shape index (κ3) is 5.63. The first kappa shape index (κ1) is 21.9. The van der Waals surface area contributed by atoms with Crippen LogP contribution in [0, 0.1) is 0 Å². The molecule has 1 fully saturated rings. The standard InChI is InChI=1S/C20H23ClF2N4O3/c1-2-24-20(25-13-14-12-15(21)5-6-16(14)30-19(22)23)27-9-7-26(8-10-27)18(28)17-4-3-11-29-17/h3-6,11-12,19H,2,7-10,13H2,1H3,(H,24,25). The molecule has 3 rings (SSSR count). The molecule has 162 valence electrons. The Labute approximate surface area is 178 Å². The molecule has 1 amide bonds. The first-order chi connectivity index (χ1) is 14.5. The number of benzene rings is 1. The Morgan fingerprint density at radius 2 is 2.00 bits per heavy atom. The minimum Gasteiger partial charge on any atom is -0.459 e. The number of hydrogen-bond donors (Lipinski definition) is 1. The van der Waals surface area contributed by atoms with Crippen LogP contribution in [0.4, 0.5) is 8.78 Å². The summed E-state index contributed by atoms with van der Waals surface area (Å²) in [4.78, 5) is 20.7. The topological polar surface area (TPSA) is 70.3 Å². The number of nitrogens with zero attached hydrogens (tertiary/aromatic N) is 3. The van der Waals surface area contributed by atoms with Gasteiger partial charge in [0.2, 0.25) is 0 Å². The first-order valence-corrected chi connectivity index (χ1v) is 9.95. The molecule has 0 saturated carbocycles. The van der Waals surface area contributed by atoms with Gasteiger partial charge in [-0.3, -0.25) is 4.79 Å². The lowest BCUT2D eigenvalue weighted by molar-refractivity contribution is -0.0504. The van der Waals surface area contributed by atoms with Gasteiger partial charge >= 0.3 is 6.61 Å². The molecule has 1 aliphatic rings. The molecule has 2 aromatic rings. The van der Waals surface area contributed by atoms with Crippen molar-refractivity contribution in [2.45, 2.75) is 20.1 Å². The number of carbonyl (C=O) groups is 1. The van der Waals surface area contributed by atoms with Crippen molar-refractivity contribution in [1.82, 2.24) is 15.1 Å². The number of halogens is 3. The van der Waals surface area contributed by atoms with Crippen molar-refractivity contribution in [1.29, 1.82) is 0 Å². The predicted octanol–water partition coefficient (Wildman–Crippen LogP) is 3.46. The first-order valence-electron chi connectivity index (χ1n) is 9.57. The van der Waals surface area contributed by atoms with Gasteiger partial charge in [-0.05, 0) is 37.3 Å². The Kier molecular flexibility index (Phi) is 7.51. The highest BCUT2D eigenvalue weighted by molar-refractivity contribution is 6.30. The Morgan fingerprint density at radius 3 is 2.63 bits per heavy atom. The van der Waals surface area contributed by atoms with Gasteiger partial charge in [-0.2, -0.15) is 8.78 Å². The van der Waals surface area contributed by atoms with Crippen LogP contribution in [-0.2, 0) is 6.54 Å². The maximum absolute atomic E-state index is 12.7. The largest absolute Gasteiger partial charge is 0.459 e. The number of alkyl halides is 2. The van der Waals surface area contributed by atoms with Crippen molar-refractivity contribution < 1.29 is 22.7 Å². The van der Waals surface area contributed by atoms with Crippen molar-refractivity contribution in [3.63, 3.8) is 0 Å². The average Bonchev–Trinajstić information content (AvgIpc) is 3.27. The van der Waals surface area contributed by atoms with Gasteiger partial charge in [0.15, 0.2) is 11.7 Å². The fraction of sp³-hybridized carbons (Fsp3) is 0.400. The zero-order valence-corrected chi connectivity index (χ0v) is 17.2. The summed E-state index contributed by atoms with van der Waals surface area (Å²) >= 11 is 6.00. The highest BCUT2D eigenvalue weighted by Crippen LogP contribution is 2.25. The minimum atomic E-state index is -2.93. The molecule has 1 aliphatic heterocycles. The summed E-state index contributed by atoms with van der Waals surface area (Å²) < 4.78 is 35.1. The van der Waals surface area contributed by atoms with Gasteiger partial charge in [0.25, 0.3) is 5.91 Å². The van der Waals surface area contributed by atoms with E-state index in [4.69, 9.17) is 16.0 Å². The van der Waals surface area contributed by atoms with Crippen molar-refractivity contribution in [3.05, 3.63) is 52.9 Å². The van der Waals surface area contributed by atoms with E-state index < -0.39 is 6.61 Å². The molecule has 0 aliphatic carbocycles. The number of furan rings is 1. The summed E-state index contributed by atoms with van der Waals surface area (Å²) in [6, 6.07) is 7.79. The molecule has 0 unspecified atom stereocenters. The smallest absolute Gasteiger partial charge is 0.387 e. The van der Waals surface area contributed by atoms with Crippen LogP contribution >= 0.6 is 11.6 Å². The number of ether oxygens (including phenoxy) is 1. The molecule has 30 heavy (non-hydrogen) atoms.